The van der Waals surface area contributed by atoms with Crippen molar-refractivity contribution in [3.63, 3.8) is 0 Å². The maximum Gasteiger partial charge on any atom is 0.223 e. The first-order valence-electron chi connectivity index (χ1n) is 7.25. The van der Waals surface area contributed by atoms with Crippen LogP contribution in [0.3, 0.4) is 0 Å². The van der Waals surface area contributed by atoms with E-state index in [1.807, 2.05) is 0 Å². The zero-order valence-electron chi connectivity index (χ0n) is 11.7. The minimum atomic E-state index is -0.805. The standard InChI is InChI=1S/C14H25NO4/c1-18-12-5-8-19-10-11(12)15-13(16)9-14(17)6-3-2-4-7-14/h11-12,17H,2-10H2,1H3,(H,15,16)/t11-,12-/m1/s1. The Morgan fingerprint density at radius 3 is 2.84 bits per heavy atom. The second kappa shape index (κ2) is 6.68. The Hall–Kier alpha value is -0.650. The molecule has 1 aliphatic heterocycles. The summed E-state index contributed by atoms with van der Waals surface area (Å²) in [6.45, 7) is 1.16. The Morgan fingerprint density at radius 1 is 1.42 bits per heavy atom. The van der Waals surface area contributed by atoms with Gasteiger partial charge in [-0.1, -0.05) is 19.3 Å². The van der Waals surface area contributed by atoms with Gasteiger partial charge in [0.25, 0.3) is 0 Å². The Morgan fingerprint density at radius 2 is 2.16 bits per heavy atom. The van der Waals surface area contributed by atoms with E-state index in [4.69, 9.17) is 9.47 Å². The molecule has 2 atom stereocenters. The lowest BCUT2D eigenvalue weighted by Gasteiger charge is -2.34. The van der Waals surface area contributed by atoms with Crippen molar-refractivity contribution in [2.24, 2.45) is 0 Å². The van der Waals surface area contributed by atoms with Crippen LogP contribution in [0.4, 0.5) is 0 Å². The Labute approximate surface area is 114 Å². The highest BCUT2D eigenvalue weighted by Gasteiger charge is 2.34. The minimum absolute atomic E-state index is 0.0127. The number of hydrogen-bond acceptors (Lipinski definition) is 4. The second-order valence-electron chi connectivity index (χ2n) is 5.77. The van der Waals surface area contributed by atoms with Crippen molar-refractivity contribution < 1.29 is 19.4 Å². The molecule has 0 unspecified atom stereocenters. The molecule has 0 bridgehead atoms. The van der Waals surface area contributed by atoms with Crippen LogP contribution in [-0.2, 0) is 14.3 Å². The van der Waals surface area contributed by atoms with Crippen LogP contribution >= 0.6 is 0 Å². The van der Waals surface area contributed by atoms with Crippen molar-refractivity contribution in [2.75, 3.05) is 20.3 Å². The summed E-state index contributed by atoms with van der Waals surface area (Å²) in [5.41, 5.74) is -0.805. The zero-order chi connectivity index (χ0) is 13.7. The summed E-state index contributed by atoms with van der Waals surface area (Å²) in [5.74, 6) is -0.0954. The topological polar surface area (TPSA) is 67.8 Å². The van der Waals surface area contributed by atoms with Gasteiger partial charge < -0.3 is 19.9 Å². The molecule has 2 rings (SSSR count). The van der Waals surface area contributed by atoms with Crippen molar-refractivity contribution in [1.29, 1.82) is 0 Å². The number of hydrogen-bond donors (Lipinski definition) is 2. The highest BCUT2D eigenvalue weighted by Crippen LogP contribution is 2.30. The molecule has 1 aliphatic carbocycles. The monoisotopic (exact) mass is 271 g/mol. The van der Waals surface area contributed by atoms with E-state index in [2.05, 4.69) is 5.32 Å². The third-order valence-corrected chi connectivity index (χ3v) is 4.22. The number of methoxy groups -OCH3 is 1. The average Bonchev–Trinajstić information content (AvgIpc) is 2.39. The highest BCUT2D eigenvalue weighted by atomic mass is 16.5. The molecule has 2 aliphatic rings. The quantitative estimate of drug-likeness (QED) is 0.800. The largest absolute Gasteiger partial charge is 0.389 e. The summed E-state index contributed by atoms with van der Waals surface area (Å²) in [6, 6.07) is -0.0987. The van der Waals surface area contributed by atoms with Gasteiger partial charge in [0.1, 0.15) is 0 Å². The first-order valence-corrected chi connectivity index (χ1v) is 7.25. The molecule has 5 nitrogen and oxygen atoms in total. The van der Waals surface area contributed by atoms with E-state index < -0.39 is 5.60 Å². The summed E-state index contributed by atoms with van der Waals surface area (Å²) >= 11 is 0. The normalized spacial score (nSPS) is 30.8. The lowest BCUT2D eigenvalue weighted by molar-refractivity contribution is -0.131. The van der Waals surface area contributed by atoms with E-state index in [0.717, 1.165) is 38.5 Å². The average molecular weight is 271 g/mol. The fourth-order valence-electron chi connectivity index (χ4n) is 3.08. The van der Waals surface area contributed by atoms with Gasteiger partial charge in [0, 0.05) is 13.7 Å². The van der Waals surface area contributed by atoms with E-state index in [-0.39, 0.29) is 24.5 Å². The van der Waals surface area contributed by atoms with Crippen LogP contribution in [0.1, 0.15) is 44.9 Å². The predicted octanol–water partition coefficient (Wildman–Crippen LogP) is 0.992. The summed E-state index contributed by atoms with van der Waals surface area (Å²) in [4.78, 5) is 12.1. The maximum atomic E-state index is 12.1. The first-order chi connectivity index (χ1) is 9.13. The lowest BCUT2D eigenvalue weighted by Crippen LogP contribution is -2.51. The molecular weight excluding hydrogens is 246 g/mol. The number of rotatable bonds is 4. The van der Waals surface area contributed by atoms with Gasteiger partial charge in [0.2, 0.25) is 5.91 Å². The van der Waals surface area contributed by atoms with Gasteiger partial charge >= 0.3 is 0 Å². The Balaban J connectivity index is 1.82. The number of aliphatic hydroxyl groups is 1. The van der Waals surface area contributed by atoms with Crippen molar-refractivity contribution in [2.45, 2.75) is 62.7 Å². The molecule has 1 heterocycles. The first kappa shape index (κ1) is 14.8. The molecule has 0 aromatic rings. The fourth-order valence-corrected chi connectivity index (χ4v) is 3.08. The summed E-state index contributed by atoms with van der Waals surface area (Å²) in [6.07, 6.45) is 5.65. The Bertz CT molecular complexity index is 302. The van der Waals surface area contributed by atoms with Gasteiger partial charge in [0.05, 0.1) is 30.8 Å². The van der Waals surface area contributed by atoms with E-state index in [0.29, 0.717) is 13.2 Å². The van der Waals surface area contributed by atoms with Gasteiger partial charge in [0.15, 0.2) is 0 Å². The lowest BCUT2D eigenvalue weighted by atomic mass is 9.82. The van der Waals surface area contributed by atoms with E-state index in [1.165, 1.54) is 0 Å². The predicted molar refractivity (Wildman–Crippen MR) is 70.8 cm³/mol. The fraction of sp³-hybridized carbons (Fsp3) is 0.929. The molecule has 0 spiro atoms. The summed E-state index contributed by atoms with van der Waals surface area (Å²) in [7, 11) is 1.66. The number of amides is 1. The molecule has 110 valence electrons. The summed E-state index contributed by atoms with van der Waals surface area (Å²) in [5, 5.41) is 13.3. The van der Waals surface area contributed by atoms with E-state index in [1.54, 1.807) is 7.11 Å². The van der Waals surface area contributed by atoms with E-state index >= 15 is 0 Å². The van der Waals surface area contributed by atoms with Crippen LogP contribution < -0.4 is 5.32 Å². The molecule has 1 amide bonds. The molecular formula is C14H25NO4. The maximum absolute atomic E-state index is 12.1. The molecule has 2 fully saturated rings. The molecule has 5 heteroatoms. The molecule has 19 heavy (non-hydrogen) atoms. The van der Waals surface area contributed by atoms with Crippen LogP contribution in [0.5, 0.6) is 0 Å². The molecule has 0 aromatic heterocycles. The SMILES string of the molecule is CO[C@@H]1CCOC[C@H]1NC(=O)CC1(O)CCCCC1. The highest BCUT2D eigenvalue weighted by molar-refractivity contribution is 5.77. The number of nitrogens with one attached hydrogen (secondary N) is 1. The molecule has 1 saturated heterocycles. The smallest absolute Gasteiger partial charge is 0.223 e. The van der Waals surface area contributed by atoms with E-state index in [9.17, 15) is 9.90 Å². The molecule has 0 aromatic carbocycles. The van der Waals surface area contributed by atoms with Crippen molar-refractivity contribution in [3.8, 4) is 0 Å². The third kappa shape index (κ3) is 4.16. The second-order valence-corrected chi connectivity index (χ2v) is 5.77. The van der Waals surface area contributed by atoms with Gasteiger partial charge in [-0.05, 0) is 19.3 Å². The van der Waals surface area contributed by atoms with Crippen LogP contribution in [0.2, 0.25) is 0 Å². The van der Waals surface area contributed by atoms with Gasteiger partial charge in [-0.15, -0.1) is 0 Å². The number of ether oxygens (including phenoxy) is 2. The van der Waals surface area contributed by atoms with Gasteiger partial charge in [-0.25, -0.2) is 0 Å². The Kier molecular flexibility index (Phi) is 5.19. The molecule has 2 N–H and O–H groups in total. The van der Waals surface area contributed by atoms with Crippen molar-refractivity contribution >= 4 is 5.91 Å². The number of carbonyl (C=O) groups excluding carboxylic acids is 1. The molecule has 0 radical (unpaired) electrons. The zero-order valence-corrected chi connectivity index (χ0v) is 11.7. The van der Waals surface area contributed by atoms with Gasteiger partial charge in [-0.3, -0.25) is 4.79 Å². The van der Waals surface area contributed by atoms with Crippen molar-refractivity contribution in [3.05, 3.63) is 0 Å². The number of carbonyl (C=O) groups is 1. The van der Waals surface area contributed by atoms with Crippen molar-refractivity contribution in [1.82, 2.24) is 5.32 Å². The van der Waals surface area contributed by atoms with Crippen LogP contribution in [0.15, 0.2) is 0 Å². The minimum Gasteiger partial charge on any atom is -0.389 e. The van der Waals surface area contributed by atoms with Crippen LogP contribution in [0, 0.1) is 0 Å². The van der Waals surface area contributed by atoms with Crippen LogP contribution in [0.25, 0.3) is 0 Å². The van der Waals surface area contributed by atoms with Crippen LogP contribution in [-0.4, -0.2) is 49.1 Å². The third-order valence-electron chi connectivity index (χ3n) is 4.22. The summed E-state index contributed by atoms with van der Waals surface area (Å²) < 4.78 is 10.7. The van der Waals surface area contributed by atoms with Gasteiger partial charge in [-0.2, -0.15) is 0 Å². The molecule has 1 saturated carbocycles.